The number of amides is 1. The highest BCUT2D eigenvalue weighted by atomic mass is 16.6. The van der Waals surface area contributed by atoms with E-state index in [1.165, 1.54) is 13.3 Å². The number of aryl methyl sites for hydroxylation is 1. The summed E-state index contributed by atoms with van der Waals surface area (Å²) < 4.78 is 16.4. The highest BCUT2D eigenvalue weighted by Crippen LogP contribution is 2.29. The van der Waals surface area contributed by atoms with Crippen molar-refractivity contribution < 1.29 is 23.8 Å². The summed E-state index contributed by atoms with van der Waals surface area (Å²) in [6, 6.07) is 19.0. The van der Waals surface area contributed by atoms with Gasteiger partial charge in [0.25, 0.3) is 5.91 Å². The molecule has 32 heavy (non-hydrogen) atoms. The Bertz CT molecular complexity index is 1130. The van der Waals surface area contributed by atoms with Gasteiger partial charge in [0, 0.05) is 0 Å². The lowest BCUT2D eigenvalue weighted by Crippen LogP contribution is -2.18. The van der Waals surface area contributed by atoms with Gasteiger partial charge in [-0.15, -0.1) is 0 Å². The zero-order valence-corrected chi connectivity index (χ0v) is 18.1. The molecule has 0 heterocycles. The zero-order chi connectivity index (χ0) is 22.9. The van der Waals surface area contributed by atoms with Crippen molar-refractivity contribution in [1.82, 2.24) is 5.43 Å². The van der Waals surface area contributed by atoms with Crippen molar-refractivity contribution in [1.29, 1.82) is 0 Å². The largest absolute Gasteiger partial charge is 0.496 e. The molecular formula is C25H24N2O5. The van der Waals surface area contributed by atoms with E-state index in [-0.39, 0.29) is 0 Å². The molecule has 0 aliphatic heterocycles. The number of nitrogens with zero attached hydrogens (tertiary/aromatic N) is 1. The molecule has 0 saturated carbocycles. The molecule has 0 fully saturated rings. The van der Waals surface area contributed by atoms with E-state index >= 15 is 0 Å². The zero-order valence-electron chi connectivity index (χ0n) is 18.1. The van der Waals surface area contributed by atoms with Crippen LogP contribution in [0, 0.1) is 6.92 Å². The van der Waals surface area contributed by atoms with Crippen molar-refractivity contribution in [2.24, 2.45) is 5.10 Å². The highest BCUT2D eigenvalue weighted by molar-refractivity contribution is 5.97. The van der Waals surface area contributed by atoms with E-state index in [1.54, 1.807) is 54.6 Å². The molecule has 164 valence electrons. The molecular weight excluding hydrogens is 408 g/mol. The molecule has 0 bridgehead atoms. The van der Waals surface area contributed by atoms with E-state index in [1.807, 2.05) is 26.0 Å². The number of rotatable bonds is 8. The third-order valence-corrected chi connectivity index (χ3v) is 4.46. The maximum absolute atomic E-state index is 12.4. The summed E-state index contributed by atoms with van der Waals surface area (Å²) in [7, 11) is 1.51. The highest BCUT2D eigenvalue weighted by Gasteiger charge is 2.14. The first-order valence-corrected chi connectivity index (χ1v) is 10.0. The number of hydrazone groups is 1. The number of hydrogen-bond donors (Lipinski definition) is 1. The van der Waals surface area contributed by atoms with Crippen LogP contribution in [0.5, 0.6) is 17.2 Å². The molecule has 0 aromatic heterocycles. The molecule has 0 saturated heterocycles. The Morgan fingerprint density at radius 1 is 0.969 bits per heavy atom. The van der Waals surface area contributed by atoms with E-state index in [2.05, 4.69) is 10.5 Å². The van der Waals surface area contributed by atoms with Gasteiger partial charge in [0.15, 0.2) is 11.5 Å². The fourth-order valence-electron chi connectivity index (χ4n) is 2.90. The molecule has 0 unspecified atom stereocenters. The topological polar surface area (TPSA) is 86.2 Å². The van der Waals surface area contributed by atoms with Crippen molar-refractivity contribution in [3.05, 3.63) is 89.0 Å². The predicted molar refractivity (Wildman–Crippen MR) is 122 cm³/mol. The Hall–Kier alpha value is -4.13. The fraction of sp³-hybridized carbons (Fsp3) is 0.160. The number of benzene rings is 3. The van der Waals surface area contributed by atoms with E-state index < -0.39 is 11.9 Å². The van der Waals surface area contributed by atoms with Crippen LogP contribution in [0.15, 0.2) is 71.8 Å². The Kier molecular flexibility index (Phi) is 7.59. The minimum Gasteiger partial charge on any atom is -0.496 e. The van der Waals surface area contributed by atoms with Gasteiger partial charge in [0.05, 0.1) is 31.1 Å². The van der Waals surface area contributed by atoms with Crippen molar-refractivity contribution in [2.75, 3.05) is 13.7 Å². The summed E-state index contributed by atoms with van der Waals surface area (Å²) >= 11 is 0. The van der Waals surface area contributed by atoms with Crippen molar-refractivity contribution in [3.63, 3.8) is 0 Å². The number of hydrogen-bond acceptors (Lipinski definition) is 6. The first-order valence-electron chi connectivity index (χ1n) is 10.0. The van der Waals surface area contributed by atoms with E-state index in [4.69, 9.17) is 14.2 Å². The maximum atomic E-state index is 12.4. The number of carbonyl (C=O) groups is 2. The average molecular weight is 432 g/mol. The minimum absolute atomic E-state index is 0.297. The SMILES string of the molecule is CCOc1cc(/C=N\NC(=O)c2ccc(C)cc2OC)ccc1OC(=O)c1ccccc1. The molecule has 3 aromatic rings. The van der Waals surface area contributed by atoms with Crippen LogP contribution in [0.25, 0.3) is 0 Å². The van der Waals surface area contributed by atoms with Gasteiger partial charge >= 0.3 is 5.97 Å². The second kappa shape index (κ2) is 10.8. The first kappa shape index (κ1) is 22.6. The molecule has 1 amide bonds. The summed E-state index contributed by atoms with van der Waals surface area (Å²) in [5.41, 5.74) is 4.95. The van der Waals surface area contributed by atoms with Gasteiger partial charge in [0.1, 0.15) is 5.75 Å². The van der Waals surface area contributed by atoms with Gasteiger partial charge in [-0.25, -0.2) is 10.2 Å². The summed E-state index contributed by atoms with van der Waals surface area (Å²) in [6.45, 7) is 4.14. The average Bonchev–Trinajstić information content (AvgIpc) is 2.81. The third-order valence-electron chi connectivity index (χ3n) is 4.46. The van der Waals surface area contributed by atoms with Gasteiger partial charge in [-0.1, -0.05) is 24.3 Å². The number of esters is 1. The monoisotopic (exact) mass is 432 g/mol. The van der Waals surface area contributed by atoms with Gasteiger partial charge in [-0.05, 0) is 67.4 Å². The van der Waals surface area contributed by atoms with Crippen molar-refractivity contribution in [2.45, 2.75) is 13.8 Å². The quantitative estimate of drug-likeness (QED) is 0.247. The van der Waals surface area contributed by atoms with E-state index in [0.717, 1.165) is 5.56 Å². The van der Waals surface area contributed by atoms with Crippen LogP contribution in [0.2, 0.25) is 0 Å². The molecule has 0 aliphatic carbocycles. The second-order valence-corrected chi connectivity index (χ2v) is 6.80. The third kappa shape index (κ3) is 5.72. The number of nitrogens with one attached hydrogen (secondary N) is 1. The van der Waals surface area contributed by atoms with Crippen molar-refractivity contribution >= 4 is 18.1 Å². The van der Waals surface area contributed by atoms with Crippen LogP contribution in [0.1, 0.15) is 38.8 Å². The van der Waals surface area contributed by atoms with Crippen LogP contribution in [0.4, 0.5) is 0 Å². The summed E-state index contributed by atoms with van der Waals surface area (Å²) in [4.78, 5) is 24.8. The lowest BCUT2D eigenvalue weighted by Gasteiger charge is -2.11. The lowest BCUT2D eigenvalue weighted by molar-refractivity contribution is 0.0728. The lowest BCUT2D eigenvalue weighted by atomic mass is 10.1. The Morgan fingerprint density at radius 2 is 1.75 bits per heavy atom. The molecule has 0 atom stereocenters. The normalized spacial score (nSPS) is 10.6. The second-order valence-electron chi connectivity index (χ2n) is 6.80. The molecule has 0 radical (unpaired) electrons. The van der Waals surface area contributed by atoms with Crippen molar-refractivity contribution in [3.8, 4) is 17.2 Å². The van der Waals surface area contributed by atoms with Gasteiger partial charge in [-0.2, -0.15) is 5.10 Å². The van der Waals surface area contributed by atoms with Crippen LogP contribution in [0.3, 0.4) is 0 Å². The number of methoxy groups -OCH3 is 1. The standard InChI is InChI=1S/C25H24N2O5/c1-4-31-23-15-18(11-13-21(23)32-25(29)19-8-6-5-7-9-19)16-26-27-24(28)20-12-10-17(2)14-22(20)30-3/h5-16H,4H2,1-3H3,(H,27,28)/b26-16-. The van der Waals surface area contributed by atoms with Gasteiger partial charge in [0.2, 0.25) is 0 Å². The van der Waals surface area contributed by atoms with E-state index in [9.17, 15) is 9.59 Å². The molecule has 7 heteroatoms. The summed E-state index contributed by atoms with van der Waals surface area (Å²) in [5.74, 6) is 0.295. The molecule has 3 rings (SSSR count). The first-order chi connectivity index (χ1) is 15.5. The van der Waals surface area contributed by atoms with Crippen LogP contribution < -0.4 is 19.6 Å². The smallest absolute Gasteiger partial charge is 0.343 e. The Labute approximate surface area is 186 Å². The molecule has 7 nitrogen and oxygen atoms in total. The Morgan fingerprint density at radius 3 is 2.47 bits per heavy atom. The van der Waals surface area contributed by atoms with Crippen LogP contribution in [-0.2, 0) is 0 Å². The Balaban J connectivity index is 1.72. The number of ether oxygens (including phenoxy) is 3. The number of carbonyl (C=O) groups excluding carboxylic acids is 2. The van der Waals surface area contributed by atoms with Crippen LogP contribution in [-0.4, -0.2) is 31.8 Å². The molecule has 3 aromatic carbocycles. The maximum Gasteiger partial charge on any atom is 0.343 e. The molecule has 0 aliphatic rings. The minimum atomic E-state index is -0.479. The predicted octanol–water partition coefficient (Wildman–Crippen LogP) is 4.39. The van der Waals surface area contributed by atoms with Gasteiger partial charge in [-0.3, -0.25) is 4.79 Å². The van der Waals surface area contributed by atoms with Gasteiger partial charge < -0.3 is 14.2 Å². The van der Waals surface area contributed by atoms with E-state index in [0.29, 0.717) is 40.5 Å². The summed E-state index contributed by atoms with van der Waals surface area (Å²) in [5, 5.41) is 4.01. The van der Waals surface area contributed by atoms with Crippen LogP contribution >= 0.6 is 0 Å². The summed E-state index contributed by atoms with van der Waals surface area (Å²) in [6.07, 6.45) is 1.48. The molecule has 0 spiro atoms. The fourth-order valence-corrected chi connectivity index (χ4v) is 2.90. The molecule has 1 N–H and O–H groups in total.